The van der Waals surface area contributed by atoms with Crippen LogP contribution < -0.4 is 10.6 Å². The summed E-state index contributed by atoms with van der Waals surface area (Å²) in [5, 5.41) is 13.4. The van der Waals surface area contributed by atoms with Crippen LogP contribution in [-0.2, 0) is 11.2 Å². The van der Waals surface area contributed by atoms with Crippen molar-refractivity contribution in [1.82, 2.24) is 25.7 Å². The Morgan fingerprint density at radius 3 is 2.60 bits per heavy atom. The summed E-state index contributed by atoms with van der Waals surface area (Å²) in [6.45, 7) is 16.3. The first kappa shape index (κ1) is 25.8. The number of nitrogens with zero attached hydrogens (tertiary/aromatic N) is 3. The highest BCUT2D eigenvalue weighted by molar-refractivity contribution is 5.79. The maximum absolute atomic E-state index is 12.2. The third kappa shape index (κ3) is 9.98. The van der Waals surface area contributed by atoms with Crippen molar-refractivity contribution in [1.29, 1.82) is 0 Å². The zero-order valence-electron chi connectivity index (χ0n) is 20.1. The molecule has 1 atom stereocenters. The van der Waals surface area contributed by atoms with Gasteiger partial charge in [0.25, 0.3) is 0 Å². The van der Waals surface area contributed by atoms with Crippen molar-refractivity contribution >= 4 is 12.1 Å². The first-order valence-electron chi connectivity index (χ1n) is 11.0. The molecule has 1 rings (SSSR count). The molecular formula is C22H42N6O2. The largest absolute Gasteiger partial charge is 0.444 e. The van der Waals surface area contributed by atoms with Crippen molar-refractivity contribution in [2.75, 3.05) is 26.7 Å². The first-order valence-corrected chi connectivity index (χ1v) is 11.0. The molecule has 0 fully saturated rings. The number of amides is 1. The number of rotatable bonds is 10. The molecule has 1 aromatic heterocycles. The summed E-state index contributed by atoms with van der Waals surface area (Å²) in [7, 11) is 2.03. The third-order valence-corrected chi connectivity index (χ3v) is 4.78. The van der Waals surface area contributed by atoms with E-state index in [-0.39, 0.29) is 12.1 Å². The summed E-state index contributed by atoms with van der Waals surface area (Å²) in [4.78, 5) is 19.0. The van der Waals surface area contributed by atoms with E-state index in [1.165, 1.54) is 5.56 Å². The number of aryl methyl sites for hydroxylation is 2. The number of H-pyrrole nitrogens is 1. The van der Waals surface area contributed by atoms with Crippen LogP contribution in [0.15, 0.2) is 11.2 Å². The Morgan fingerprint density at radius 1 is 1.37 bits per heavy atom. The molecule has 0 aromatic carbocycles. The standard InChI is InChI=1S/C22H42N6O2/c1-9-23-20(24-13-10-11-18-15-25-27-17(18)4)28(8)14-12-19(16(2)3)26-21(29)30-22(5,6)7/h15-16,19H,9-14H2,1-8H3,(H,23,24)(H,25,27)(H,26,29). The zero-order chi connectivity index (χ0) is 22.7. The quantitative estimate of drug-likeness (QED) is 0.305. The Bertz CT molecular complexity index is 663. The maximum atomic E-state index is 12.2. The van der Waals surface area contributed by atoms with Gasteiger partial charge in [-0.25, -0.2) is 4.79 Å². The second-order valence-electron chi connectivity index (χ2n) is 9.07. The molecule has 0 aliphatic rings. The molecule has 30 heavy (non-hydrogen) atoms. The SMILES string of the molecule is CCNC(=NCCCc1cn[nH]c1C)N(C)CCC(NC(=O)OC(C)(C)C)C(C)C. The molecule has 172 valence electrons. The van der Waals surface area contributed by atoms with Crippen LogP contribution in [-0.4, -0.2) is 65.5 Å². The monoisotopic (exact) mass is 422 g/mol. The van der Waals surface area contributed by atoms with Crippen molar-refractivity contribution in [3.05, 3.63) is 17.5 Å². The van der Waals surface area contributed by atoms with E-state index in [0.29, 0.717) is 5.92 Å². The molecule has 0 aliphatic carbocycles. The smallest absolute Gasteiger partial charge is 0.407 e. The van der Waals surface area contributed by atoms with Crippen LogP contribution in [0.1, 0.15) is 65.6 Å². The molecule has 0 radical (unpaired) electrons. The lowest BCUT2D eigenvalue weighted by Gasteiger charge is -2.28. The summed E-state index contributed by atoms with van der Waals surface area (Å²) in [5.41, 5.74) is 1.87. The Kier molecular flexibility index (Phi) is 10.7. The number of aromatic amines is 1. The molecule has 1 aromatic rings. The number of hydrogen-bond donors (Lipinski definition) is 3. The number of aliphatic imine (C=N–C) groups is 1. The topological polar surface area (TPSA) is 94.6 Å². The Balaban J connectivity index is 2.56. The molecule has 3 N–H and O–H groups in total. The molecular weight excluding hydrogens is 380 g/mol. The van der Waals surface area contributed by atoms with Crippen LogP contribution in [0.4, 0.5) is 4.79 Å². The number of nitrogens with one attached hydrogen (secondary N) is 3. The summed E-state index contributed by atoms with van der Waals surface area (Å²) >= 11 is 0. The maximum Gasteiger partial charge on any atom is 0.407 e. The van der Waals surface area contributed by atoms with E-state index in [9.17, 15) is 4.79 Å². The number of carbonyl (C=O) groups is 1. The Hall–Kier alpha value is -2.25. The molecule has 0 saturated carbocycles. The number of hydrogen-bond acceptors (Lipinski definition) is 4. The van der Waals surface area contributed by atoms with Gasteiger partial charge in [0.1, 0.15) is 5.60 Å². The molecule has 1 amide bonds. The van der Waals surface area contributed by atoms with Crippen LogP contribution in [0.5, 0.6) is 0 Å². The zero-order valence-corrected chi connectivity index (χ0v) is 20.1. The molecule has 0 bridgehead atoms. The summed E-state index contributed by atoms with van der Waals surface area (Å²) < 4.78 is 5.41. The van der Waals surface area contributed by atoms with Crippen LogP contribution in [0, 0.1) is 12.8 Å². The van der Waals surface area contributed by atoms with E-state index in [4.69, 9.17) is 9.73 Å². The van der Waals surface area contributed by atoms with Gasteiger partial charge in [-0.15, -0.1) is 0 Å². The predicted molar refractivity (Wildman–Crippen MR) is 123 cm³/mol. The van der Waals surface area contributed by atoms with E-state index in [1.54, 1.807) is 0 Å². The first-order chi connectivity index (χ1) is 14.0. The van der Waals surface area contributed by atoms with Gasteiger partial charge >= 0.3 is 6.09 Å². The fraction of sp³-hybridized carbons (Fsp3) is 0.773. The van der Waals surface area contributed by atoms with Crippen molar-refractivity contribution in [2.45, 2.75) is 79.4 Å². The molecule has 0 aliphatic heterocycles. The second-order valence-corrected chi connectivity index (χ2v) is 9.07. The highest BCUT2D eigenvalue weighted by Gasteiger charge is 2.22. The lowest BCUT2D eigenvalue weighted by Crippen LogP contribution is -2.45. The van der Waals surface area contributed by atoms with E-state index in [0.717, 1.165) is 50.6 Å². The van der Waals surface area contributed by atoms with Gasteiger partial charge in [-0.2, -0.15) is 5.10 Å². The van der Waals surface area contributed by atoms with Gasteiger partial charge in [0, 0.05) is 38.4 Å². The highest BCUT2D eigenvalue weighted by Crippen LogP contribution is 2.11. The molecule has 0 saturated heterocycles. The van der Waals surface area contributed by atoms with Crippen LogP contribution in [0.25, 0.3) is 0 Å². The number of ether oxygens (including phenoxy) is 1. The van der Waals surface area contributed by atoms with Crippen molar-refractivity contribution in [3.63, 3.8) is 0 Å². The van der Waals surface area contributed by atoms with Crippen molar-refractivity contribution in [3.8, 4) is 0 Å². The highest BCUT2D eigenvalue weighted by atomic mass is 16.6. The predicted octanol–water partition coefficient (Wildman–Crippen LogP) is 3.49. The van der Waals surface area contributed by atoms with Gasteiger partial charge in [0.05, 0.1) is 6.20 Å². The van der Waals surface area contributed by atoms with Gasteiger partial charge < -0.3 is 20.3 Å². The number of guanidine groups is 1. The number of alkyl carbamates (subject to hydrolysis) is 1. The van der Waals surface area contributed by atoms with Crippen molar-refractivity contribution < 1.29 is 9.53 Å². The molecule has 8 nitrogen and oxygen atoms in total. The summed E-state index contributed by atoms with van der Waals surface area (Å²) in [6, 6.07) is 0.0363. The van der Waals surface area contributed by atoms with Gasteiger partial charge in [-0.3, -0.25) is 10.1 Å². The fourth-order valence-electron chi connectivity index (χ4n) is 3.02. The Morgan fingerprint density at radius 2 is 2.07 bits per heavy atom. The average molecular weight is 423 g/mol. The van der Waals surface area contributed by atoms with Crippen LogP contribution >= 0.6 is 0 Å². The van der Waals surface area contributed by atoms with Crippen molar-refractivity contribution in [2.24, 2.45) is 10.9 Å². The van der Waals surface area contributed by atoms with Crippen LogP contribution in [0.3, 0.4) is 0 Å². The average Bonchev–Trinajstić information content (AvgIpc) is 3.04. The van der Waals surface area contributed by atoms with Gasteiger partial charge in [0.2, 0.25) is 0 Å². The van der Waals surface area contributed by atoms with E-state index in [2.05, 4.69) is 46.5 Å². The minimum absolute atomic E-state index is 0.0363. The van der Waals surface area contributed by atoms with Gasteiger partial charge in [0.15, 0.2) is 5.96 Å². The molecule has 1 unspecified atom stereocenters. The fourth-order valence-corrected chi connectivity index (χ4v) is 3.02. The van der Waals surface area contributed by atoms with Gasteiger partial charge in [-0.1, -0.05) is 13.8 Å². The normalized spacial score (nSPS) is 13.3. The second kappa shape index (κ2) is 12.4. The molecule has 8 heteroatoms. The Labute approximate surface area is 182 Å². The lowest BCUT2D eigenvalue weighted by atomic mass is 10.0. The minimum Gasteiger partial charge on any atom is -0.444 e. The van der Waals surface area contributed by atoms with Crippen LogP contribution in [0.2, 0.25) is 0 Å². The molecule has 1 heterocycles. The summed E-state index contributed by atoms with van der Waals surface area (Å²) in [5.74, 6) is 1.20. The minimum atomic E-state index is -0.498. The van der Waals surface area contributed by atoms with E-state index < -0.39 is 5.60 Å². The van der Waals surface area contributed by atoms with E-state index in [1.807, 2.05) is 40.9 Å². The third-order valence-electron chi connectivity index (χ3n) is 4.78. The van der Waals surface area contributed by atoms with E-state index >= 15 is 0 Å². The van der Waals surface area contributed by atoms with Gasteiger partial charge in [-0.05, 0) is 65.4 Å². The lowest BCUT2D eigenvalue weighted by molar-refractivity contribution is 0.0486. The number of carbonyl (C=O) groups excluding carboxylic acids is 1. The number of aromatic nitrogens is 2. The summed E-state index contributed by atoms with van der Waals surface area (Å²) in [6.07, 6.45) is 4.27. The molecule has 0 spiro atoms.